The largest absolute Gasteiger partial charge is 0.481 e. The average molecular weight is 299 g/mol. The first-order valence-corrected chi connectivity index (χ1v) is 8.10. The van der Waals surface area contributed by atoms with Gasteiger partial charge in [-0.3, -0.25) is 9.59 Å². The van der Waals surface area contributed by atoms with E-state index in [0.717, 1.165) is 25.7 Å². The molecule has 2 atom stereocenters. The molecule has 1 aliphatic carbocycles. The van der Waals surface area contributed by atoms with E-state index in [1.165, 1.54) is 0 Å². The number of aliphatic hydroxyl groups is 1. The fourth-order valence-corrected chi connectivity index (χ4v) is 3.29. The molecule has 0 aromatic heterocycles. The van der Waals surface area contributed by atoms with Crippen LogP contribution in [0.5, 0.6) is 0 Å². The Balaban J connectivity index is 2.51. The van der Waals surface area contributed by atoms with Gasteiger partial charge in [-0.1, -0.05) is 26.7 Å². The minimum atomic E-state index is -0.951. The van der Waals surface area contributed by atoms with E-state index in [0.29, 0.717) is 25.3 Å². The van der Waals surface area contributed by atoms with Crippen molar-refractivity contribution in [1.82, 2.24) is 5.32 Å². The van der Waals surface area contributed by atoms with Gasteiger partial charge in [0.2, 0.25) is 5.91 Å². The lowest BCUT2D eigenvalue weighted by atomic mass is 9.78. The quantitative estimate of drug-likeness (QED) is 0.641. The number of nitrogens with one attached hydrogen (secondary N) is 1. The van der Waals surface area contributed by atoms with Crippen LogP contribution in [0.1, 0.15) is 58.8 Å². The van der Waals surface area contributed by atoms with Crippen LogP contribution in [-0.2, 0) is 9.59 Å². The van der Waals surface area contributed by atoms with Crippen LogP contribution in [0, 0.1) is 17.3 Å². The summed E-state index contributed by atoms with van der Waals surface area (Å²) in [5, 5.41) is 21.6. The molecule has 122 valence electrons. The lowest BCUT2D eigenvalue weighted by Crippen LogP contribution is -2.40. The molecule has 0 aliphatic heterocycles. The maximum Gasteiger partial charge on any atom is 0.310 e. The minimum Gasteiger partial charge on any atom is -0.481 e. The predicted molar refractivity (Wildman–Crippen MR) is 80.8 cm³/mol. The summed E-state index contributed by atoms with van der Waals surface area (Å²) in [5.74, 6) is -0.507. The van der Waals surface area contributed by atoms with Gasteiger partial charge in [0.1, 0.15) is 0 Å². The van der Waals surface area contributed by atoms with Gasteiger partial charge in [0.25, 0.3) is 0 Å². The summed E-state index contributed by atoms with van der Waals surface area (Å²) in [5.41, 5.74) is -0.951. The Bertz CT molecular complexity index is 352. The van der Waals surface area contributed by atoms with Crippen molar-refractivity contribution in [3.8, 4) is 0 Å². The van der Waals surface area contributed by atoms with Crippen LogP contribution in [0.3, 0.4) is 0 Å². The van der Waals surface area contributed by atoms with E-state index < -0.39 is 11.4 Å². The summed E-state index contributed by atoms with van der Waals surface area (Å²) in [6, 6.07) is 0. The molecule has 21 heavy (non-hydrogen) atoms. The number of hydrogen-bond donors (Lipinski definition) is 3. The van der Waals surface area contributed by atoms with Gasteiger partial charge in [-0.2, -0.15) is 0 Å². The van der Waals surface area contributed by atoms with Crippen molar-refractivity contribution >= 4 is 11.9 Å². The van der Waals surface area contributed by atoms with Crippen LogP contribution in [0.25, 0.3) is 0 Å². The Morgan fingerprint density at radius 3 is 2.19 bits per heavy atom. The fourth-order valence-electron chi connectivity index (χ4n) is 3.29. The molecule has 1 saturated carbocycles. The number of hydrogen-bond acceptors (Lipinski definition) is 3. The van der Waals surface area contributed by atoms with Gasteiger partial charge in [-0.25, -0.2) is 0 Å². The number of carboxylic acids is 1. The van der Waals surface area contributed by atoms with Crippen LogP contribution in [-0.4, -0.2) is 35.2 Å². The van der Waals surface area contributed by atoms with E-state index in [2.05, 4.69) is 5.32 Å². The molecule has 0 saturated heterocycles. The maximum absolute atomic E-state index is 12.1. The molecule has 1 aliphatic rings. The van der Waals surface area contributed by atoms with Crippen LogP contribution in [0.2, 0.25) is 0 Å². The normalized spacial score (nSPS) is 22.8. The highest BCUT2D eigenvalue weighted by Crippen LogP contribution is 2.32. The second-order valence-corrected chi connectivity index (χ2v) is 6.26. The SMILES string of the molecule is CCC(CC)(CC(=O)NCC1CCCCC1CO)C(=O)O. The predicted octanol–water partition coefficient (Wildman–Crippen LogP) is 2.18. The van der Waals surface area contributed by atoms with Crippen molar-refractivity contribution in [2.75, 3.05) is 13.2 Å². The molecule has 3 N–H and O–H groups in total. The molecule has 0 radical (unpaired) electrons. The van der Waals surface area contributed by atoms with E-state index in [-0.39, 0.29) is 24.9 Å². The third-order valence-corrected chi connectivity index (χ3v) is 5.17. The van der Waals surface area contributed by atoms with Gasteiger partial charge in [0.05, 0.1) is 5.41 Å². The molecule has 0 bridgehead atoms. The molecular formula is C16H29NO4. The van der Waals surface area contributed by atoms with Crippen LogP contribution in [0.15, 0.2) is 0 Å². The summed E-state index contributed by atoms with van der Waals surface area (Å²) in [4.78, 5) is 23.5. The van der Waals surface area contributed by atoms with Crippen molar-refractivity contribution < 1.29 is 19.8 Å². The average Bonchev–Trinajstić information content (AvgIpc) is 2.50. The van der Waals surface area contributed by atoms with Gasteiger partial charge in [-0.15, -0.1) is 0 Å². The molecular weight excluding hydrogens is 270 g/mol. The molecule has 1 amide bonds. The number of carbonyl (C=O) groups is 2. The Morgan fingerprint density at radius 2 is 1.71 bits per heavy atom. The van der Waals surface area contributed by atoms with E-state index in [9.17, 15) is 19.8 Å². The smallest absolute Gasteiger partial charge is 0.310 e. The van der Waals surface area contributed by atoms with Crippen molar-refractivity contribution in [3.63, 3.8) is 0 Å². The van der Waals surface area contributed by atoms with Crippen molar-refractivity contribution in [2.24, 2.45) is 17.3 Å². The summed E-state index contributed by atoms with van der Waals surface area (Å²) in [6.07, 6.45) is 5.26. The van der Waals surface area contributed by atoms with E-state index in [4.69, 9.17) is 0 Å². The topological polar surface area (TPSA) is 86.6 Å². The highest BCUT2D eigenvalue weighted by atomic mass is 16.4. The van der Waals surface area contributed by atoms with E-state index >= 15 is 0 Å². The highest BCUT2D eigenvalue weighted by Gasteiger charge is 2.37. The molecule has 5 heteroatoms. The molecule has 0 aromatic carbocycles. The third kappa shape index (κ3) is 4.70. The summed E-state index contributed by atoms with van der Waals surface area (Å²) < 4.78 is 0. The molecule has 0 aromatic rings. The summed E-state index contributed by atoms with van der Waals surface area (Å²) in [6.45, 7) is 4.35. The Labute approximate surface area is 127 Å². The highest BCUT2D eigenvalue weighted by molar-refractivity contribution is 5.84. The molecule has 1 fully saturated rings. The molecule has 5 nitrogen and oxygen atoms in total. The maximum atomic E-state index is 12.1. The van der Waals surface area contributed by atoms with Gasteiger partial charge in [0, 0.05) is 19.6 Å². The summed E-state index contributed by atoms with van der Waals surface area (Å²) >= 11 is 0. The van der Waals surface area contributed by atoms with Gasteiger partial charge in [0.15, 0.2) is 0 Å². The molecule has 1 rings (SSSR count). The van der Waals surface area contributed by atoms with Crippen molar-refractivity contribution in [1.29, 1.82) is 0 Å². The third-order valence-electron chi connectivity index (χ3n) is 5.17. The zero-order valence-corrected chi connectivity index (χ0v) is 13.2. The minimum absolute atomic E-state index is 0.0336. The first-order valence-electron chi connectivity index (χ1n) is 8.10. The number of carbonyl (C=O) groups excluding carboxylic acids is 1. The lowest BCUT2D eigenvalue weighted by Gasteiger charge is -2.31. The Morgan fingerprint density at radius 1 is 1.14 bits per heavy atom. The number of aliphatic hydroxyl groups excluding tert-OH is 1. The van der Waals surface area contributed by atoms with Crippen LogP contribution in [0.4, 0.5) is 0 Å². The molecule has 0 spiro atoms. The zero-order valence-electron chi connectivity index (χ0n) is 13.2. The Hall–Kier alpha value is -1.10. The number of rotatable bonds is 8. The van der Waals surface area contributed by atoms with Gasteiger partial charge in [-0.05, 0) is 37.5 Å². The van der Waals surface area contributed by atoms with Crippen molar-refractivity contribution in [3.05, 3.63) is 0 Å². The van der Waals surface area contributed by atoms with Crippen molar-refractivity contribution in [2.45, 2.75) is 58.8 Å². The monoisotopic (exact) mass is 299 g/mol. The van der Waals surface area contributed by atoms with Gasteiger partial charge >= 0.3 is 5.97 Å². The van der Waals surface area contributed by atoms with E-state index in [1.54, 1.807) is 0 Å². The summed E-state index contributed by atoms with van der Waals surface area (Å²) in [7, 11) is 0. The standard InChI is InChI=1S/C16H29NO4/c1-3-16(4-2,15(20)21)9-14(19)17-10-12-7-5-6-8-13(12)11-18/h12-13,18H,3-11H2,1-2H3,(H,17,19)(H,20,21). The van der Waals surface area contributed by atoms with Crippen LogP contribution < -0.4 is 5.32 Å². The Kier molecular flexibility index (Phi) is 7.15. The molecule has 0 heterocycles. The second kappa shape index (κ2) is 8.37. The zero-order chi connectivity index (χ0) is 15.9. The lowest BCUT2D eigenvalue weighted by molar-refractivity contribution is -0.152. The molecule has 2 unspecified atom stereocenters. The van der Waals surface area contributed by atoms with Gasteiger partial charge < -0.3 is 15.5 Å². The first-order chi connectivity index (χ1) is 9.99. The number of aliphatic carboxylic acids is 1. The van der Waals surface area contributed by atoms with Crippen LogP contribution >= 0.6 is 0 Å². The second-order valence-electron chi connectivity index (χ2n) is 6.26. The van der Waals surface area contributed by atoms with E-state index in [1.807, 2.05) is 13.8 Å². The first kappa shape index (κ1) is 18.0. The number of carboxylic acid groups (broad SMARTS) is 1. The fraction of sp³-hybridized carbons (Fsp3) is 0.875. The number of amides is 1.